The van der Waals surface area contributed by atoms with Gasteiger partial charge < -0.3 is 19.5 Å². The maximum absolute atomic E-state index is 12.7. The Bertz CT molecular complexity index is 975. The third-order valence-electron chi connectivity index (χ3n) is 4.59. The van der Waals surface area contributed by atoms with E-state index in [9.17, 15) is 13.2 Å². The van der Waals surface area contributed by atoms with E-state index >= 15 is 0 Å². The predicted molar refractivity (Wildman–Crippen MR) is 109 cm³/mol. The Morgan fingerprint density at radius 3 is 2.48 bits per heavy atom. The second-order valence-electron chi connectivity index (χ2n) is 6.61. The molecule has 2 aromatic carbocycles. The maximum Gasteiger partial charge on any atom is 0.241 e. The van der Waals surface area contributed by atoms with Gasteiger partial charge in [0, 0.05) is 6.07 Å². The molecule has 29 heavy (non-hydrogen) atoms. The molecule has 0 spiro atoms. The topological polar surface area (TPSA) is 94.2 Å². The monoisotopic (exact) mass is 420 g/mol. The number of carbonyl (C=O) groups is 1. The highest BCUT2D eigenvalue weighted by molar-refractivity contribution is 7.92. The van der Waals surface area contributed by atoms with Gasteiger partial charge in [-0.1, -0.05) is 19.1 Å². The van der Waals surface area contributed by atoms with Crippen molar-refractivity contribution in [3.63, 3.8) is 0 Å². The van der Waals surface area contributed by atoms with Crippen LogP contribution in [0.1, 0.15) is 24.9 Å². The number of sulfonamides is 1. The van der Waals surface area contributed by atoms with Crippen molar-refractivity contribution in [2.45, 2.75) is 19.4 Å². The van der Waals surface area contributed by atoms with Gasteiger partial charge in [0.25, 0.3) is 0 Å². The van der Waals surface area contributed by atoms with E-state index in [0.717, 1.165) is 21.9 Å². The zero-order valence-corrected chi connectivity index (χ0v) is 17.4. The molecule has 8 nitrogen and oxygen atoms in total. The lowest BCUT2D eigenvalue weighted by molar-refractivity contribution is -0.120. The molecule has 9 heteroatoms. The molecular formula is C20H24N2O6S. The fourth-order valence-electron chi connectivity index (χ4n) is 3.07. The summed E-state index contributed by atoms with van der Waals surface area (Å²) < 4.78 is 41.4. The minimum atomic E-state index is -3.69. The SMILES string of the molecule is CC[C@@H](NC(=O)CN(c1ccc2c(c1)OCO2)S(C)(=O)=O)c1ccc(OC)cc1. The van der Waals surface area contributed by atoms with Crippen LogP contribution in [0.3, 0.4) is 0 Å². The van der Waals surface area contributed by atoms with Crippen molar-refractivity contribution >= 4 is 21.6 Å². The van der Waals surface area contributed by atoms with Crippen molar-refractivity contribution < 1.29 is 27.4 Å². The number of benzene rings is 2. The van der Waals surface area contributed by atoms with E-state index in [4.69, 9.17) is 14.2 Å². The fraction of sp³-hybridized carbons (Fsp3) is 0.350. The molecule has 1 aliphatic heterocycles. The Morgan fingerprint density at radius 1 is 1.17 bits per heavy atom. The lowest BCUT2D eigenvalue weighted by Gasteiger charge is -2.24. The summed E-state index contributed by atoms with van der Waals surface area (Å²) in [7, 11) is -2.10. The molecule has 0 saturated carbocycles. The number of rotatable bonds is 8. The largest absolute Gasteiger partial charge is 0.497 e. The molecule has 0 aromatic heterocycles. The maximum atomic E-state index is 12.7. The number of carbonyl (C=O) groups excluding carboxylic acids is 1. The van der Waals surface area contributed by atoms with Gasteiger partial charge in [-0.15, -0.1) is 0 Å². The van der Waals surface area contributed by atoms with Crippen LogP contribution >= 0.6 is 0 Å². The van der Waals surface area contributed by atoms with Gasteiger partial charge in [0.1, 0.15) is 12.3 Å². The Kier molecular flexibility index (Phi) is 6.17. The average Bonchev–Trinajstić information content (AvgIpc) is 3.17. The number of anilines is 1. The molecule has 0 unspecified atom stereocenters. The average molecular weight is 420 g/mol. The normalized spacial score (nSPS) is 13.6. The van der Waals surface area contributed by atoms with E-state index in [1.807, 2.05) is 31.2 Å². The predicted octanol–water partition coefficient (Wildman–Crippen LogP) is 2.46. The molecule has 0 fully saturated rings. The first-order valence-electron chi connectivity index (χ1n) is 9.12. The minimum absolute atomic E-state index is 0.0815. The van der Waals surface area contributed by atoms with Crippen molar-refractivity contribution in [3.8, 4) is 17.2 Å². The summed E-state index contributed by atoms with van der Waals surface area (Å²) in [5, 5.41) is 2.90. The first kappa shape index (κ1) is 20.8. The third kappa shape index (κ3) is 4.92. The molecule has 1 amide bonds. The van der Waals surface area contributed by atoms with Crippen LogP contribution in [0.2, 0.25) is 0 Å². The summed E-state index contributed by atoms with van der Waals surface area (Å²) >= 11 is 0. The van der Waals surface area contributed by atoms with Gasteiger partial charge in [0.15, 0.2) is 11.5 Å². The van der Waals surface area contributed by atoms with Gasteiger partial charge in [-0.05, 0) is 36.2 Å². The number of nitrogens with zero attached hydrogens (tertiary/aromatic N) is 1. The van der Waals surface area contributed by atoms with E-state index in [1.165, 1.54) is 0 Å². The summed E-state index contributed by atoms with van der Waals surface area (Å²) in [6.07, 6.45) is 1.71. The Morgan fingerprint density at radius 2 is 1.86 bits per heavy atom. The number of methoxy groups -OCH3 is 1. The number of ether oxygens (including phenoxy) is 3. The molecule has 0 bridgehead atoms. The molecule has 3 rings (SSSR count). The molecule has 0 radical (unpaired) electrons. The number of hydrogen-bond donors (Lipinski definition) is 1. The number of hydrogen-bond acceptors (Lipinski definition) is 6. The van der Waals surface area contributed by atoms with Crippen LogP contribution in [0.5, 0.6) is 17.2 Å². The van der Waals surface area contributed by atoms with E-state index < -0.39 is 15.9 Å². The third-order valence-corrected chi connectivity index (χ3v) is 5.73. The summed E-state index contributed by atoms with van der Waals surface area (Å²) in [6, 6.07) is 11.9. The summed E-state index contributed by atoms with van der Waals surface area (Å²) in [6.45, 7) is 1.69. The molecule has 1 N–H and O–H groups in total. The second kappa shape index (κ2) is 8.60. The van der Waals surface area contributed by atoms with Gasteiger partial charge in [-0.3, -0.25) is 9.10 Å². The van der Waals surface area contributed by atoms with Crippen LogP contribution in [0, 0.1) is 0 Å². The second-order valence-corrected chi connectivity index (χ2v) is 8.52. The Hall–Kier alpha value is -2.94. The highest BCUT2D eigenvalue weighted by Crippen LogP contribution is 2.36. The Labute approximate surface area is 170 Å². The quantitative estimate of drug-likeness (QED) is 0.705. The van der Waals surface area contributed by atoms with Crippen LogP contribution in [-0.4, -0.2) is 41.0 Å². The van der Waals surface area contributed by atoms with E-state index in [2.05, 4.69) is 5.32 Å². The molecular weight excluding hydrogens is 396 g/mol. The van der Waals surface area contributed by atoms with Gasteiger partial charge in [-0.2, -0.15) is 0 Å². The molecule has 1 heterocycles. The zero-order chi connectivity index (χ0) is 21.0. The molecule has 0 saturated heterocycles. The smallest absolute Gasteiger partial charge is 0.241 e. The van der Waals surface area contributed by atoms with Crippen molar-refractivity contribution in [1.29, 1.82) is 0 Å². The van der Waals surface area contributed by atoms with Crippen LogP contribution in [-0.2, 0) is 14.8 Å². The molecule has 2 aromatic rings. The molecule has 156 valence electrons. The Balaban J connectivity index is 1.76. The standard InChI is InChI=1S/C20H24N2O6S/c1-4-17(14-5-8-16(26-2)9-6-14)21-20(23)12-22(29(3,24)25)15-7-10-18-19(11-15)28-13-27-18/h5-11,17H,4,12-13H2,1-3H3,(H,21,23)/t17-/m1/s1. The molecule has 0 aliphatic carbocycles. The van der Waals surface area contributed by atoms with Crippen LogP contribution in [0.15, 0.2) is 42.5 Å². The van der Waals surface area contributed by atoms with Gasteiger partial charge in [0.05, 0.1) is 25.1 Å². The zero-order valence-electron chi connectivity index (χ0n) is 16.5. The van der Waals surface area contributed by atoms with Crippen molar-refractivity contribution in [3.05, 3.63) is 48.0 Å². The van der Waals surface area contributed by atoms with Crippen molar-refractivity contribution in [2.24, 2.45) is 0 Å². The van der Waals surface area contributed by atoms with E-state index in [0.29, 0.717) is 23.6 Å². The molecule has 1 aliphatic rings. The first-order valence-corrected chi connectivity index (χ1v) is 11.0. The first-order chi connectivity index (χ1) is 13.8. The van der Waals surface area contributed by atoms with Crippen LogP contribution in [0.4, 0.5) is 5.69 Å². The van der Waals surface area contributed by atoms with Gasteiger partial charge >= 0.3 is 0 Å². The van der Waals surface area contributed by atoms with Gasteiger partial charge in [-0.25, -0.2) is 8.42 Å². The van der Waals surface area contributed by atoms with E-state index in [1.54, 1.807) is 25.3 Å². The van der Waals surface area contributed by atoms with Crippen molar-refractivity contribution in [1.82, 2.24) is 5.32 Å². The summed E-state index contributed by atoms with van der Waals surface area (Å²) in [5.41, 5.74) is 1.25. The van der Waals surface area contributed by atoms with Gasteiger partial charge in [0.2, 0.25) is 22.7 Å². The lowest BCUT2D eigenvalue weighted by Crippen LogP contribution is -2.41. The highest BCUT2D eigenvalue weighted by Gasteiger charge is 2.25. The van der Waals surface area contributed by atoms with E-state index in [-0.39, 0.29) is 19.4 Å². The molecule has 1 atom stereocenters. The lowest BCUT2D eigenvalue weighted by atomic mass is 10.0. The number of nitrogens with one attached hydrogen (secondary N) is 1. The van der Waals surface area contributed by atoms with Crippen molar-refractivity contribution in [2.75, 3.05) is 31.0 Å². The fourth-order valence-corrected chi connectivity index (χ4v) is 3.92. The van der Waals surface area contributed by atoms with Crippen LogP contribution in [0.25, 0.3) is 0 Å². The summed E-state index contributed by atoms with van der Waals surface area (Å²) in [5.74, 6) is 1.30. The number of amides is 1. The number of fused-ring (bicyclic) bond motifs is 1. The van der Waals surface area contributed by atoms with Crippen LogP contribution < -0.4 is 23.8 Å². The summed E-state index contributed by atoms with van der Waals surface area (Å²) in [4.78, 5) is 12.7. The minimum Gasteiger partial charge on any atom is -0.497 e. The highest BCUT2D eigenvalue weighted by atomic mass is 32.2.